The zero-order valence-corrected chi connectivity index (χ0v) is 12.9. The van der Waals surface area contributed by atoms with Gasteiger partial charge in [0, 0.05) is 44.6 Å². The molecule has 1 aromatic carbocycles. The quantitative estimate of drug-likeness (QED) is 0.874. The highest BCUT2D eigenvalue weighted by Gasteiger charge is 2.22. The molecular formula is C17H22N4O. The van der Waals surface area contributed by atoms with Gasteiger partial charge in [-0.05, 0) is 30.8 Å². The number of likely N-dealkylation sites (N-methyl/N-ethyl adjacent to an activating group) is 1. The number of rotatable bonds is 3. The van der Waals surface area contributed by atoms with E-state index >= 15 is 0 Å². The van der Waals surface area contributed by atoms with Crippen molar-refractivity contribution in [1.29, 1.82) is 0 Å². The molecule has 1 amide bonds. The average molecular weight is 298 g/mol. The molecular weight excluding hydrogens is 276 g/mol. The van der Waals surface area contributed by atoms with Crippen molar-refractivity contribution < 1.29 is 4.79 Å². The van der Waals surface area contributed by atoms with E-state index in [0.717, 1.165) is 43.1 Å². The molecule has 0 bridgehead atoms. The Morgan fingerprint density at radius 2 is 1.82 bits per heavy atom. The second kappa shape index (κ2) is 6.23. The van der Waals surface area contributed by atoms with Gasteiger partial charge in [-0.2, -0.15) is 0 Å². The van der Waals surface area contributed by atoms with E-state index in [1.54, 1.807) is 0 Å². The molecule has 2 heterocycles. The van der Waals surface area contributed by atoms with Crippen molar-refractivity contribution in [3.05, 3.63) is 53.9 Å². The normalized spacial score (nSPS) is 16.0. The first-order valence-electron chi connectivity index (χ1n) is 7.61. The van der Waals surface area contributed by atoms with Gasteiger partial charge in [-0.25, -0.2) is 0 Å². The number of hydrogen-bond acceptors (Lipinski definition) is 3. The zero-order chi connectivity index (χ0) is 15.5. The minimum Gasteiger partial charge on any atom is -0.398 e. The predicted octanol–water partition coefficient (Wildman–Crippen LogP) is 1.51. The number of nitrogens with two attached hydrogens (primary N) is 1. The van der Waals surface area contributed by atoms with Crippen LogP contribution in [0.1, 0.15) is 16.1 Å². The highest BCUT2D eigenvalue weighted by Crippen LogP contribution is 2.16. The molecule has 1 aliphatic heterocycles. The van der Waals surface area contributed by atoms with E-state index in [-0.39, 0.29) is 5.91 Å². The summed E-state index contributed by atoms with van der Waals surface area (Å²) in [6.45, 7) is 4.05. The summed E-state index contributed by atoms with van der Waals surface area (Å²) in [6, 6.07) is 11.6. The largest absolute Gasteiger partial charge is 0.398 e. The van der Waals surface area contributed by atoms with Crippen molar-refractivity contribution in [1.82, 2.24) is 14.4 Å². The van der Waals surface area contributed by atoms with Crippen molar-refractivity contribution in [2.45, 2.75) is 6.54 Å². The minimum absolute atomic E-state index is 0.104. The smallest absolute Gasteiger partial charge is 0.270 e. The van der Waals surface area contributed by atoms with Gasteiger partial charge in [0.25, 0.3) is 5.91 Å². The van der Waals surface area contributed by atoms with Gasteiger partial charge in [0.05, 0.1) is 0 Å². The number of benzene rings is 1. The van der Waals surface area contributed by atoms with Crippen LogP contribution in [0.3, 0.4) is 0 Å². The maximum Gasteiger partial charge on any atom is 0.270 e. The predicted molar refractivity (Wildman–Crippen MR) is 87.8 cm³/mol. The number of carbonyl (C=O) groups is 1. The molecule has 116 valence electrons. The van der Waals surface area contributed by atoms with Crippen molar-refractivity contribution in [2.24, 2.45) is 0 Å². The fraction of sp³-hybridized carbons (Fsp3) is 0.353. The van der Waals surface area contributed by atoms with Crippen LogP contribution in [0.5, 0.6) is 0 Å². The summed E-state index contributed by atoms with van der Waals surface area (Å²) in [5, 5.41) is 0. The van der Waals surface area contributed by atoms with Gasteiger partial charge in [-0.15, -0.1) is 0 Å². The van der Waals surface area contributed by atoms with Crippen LogP contribution in [0.25, 0.3) is 0 Å². The van der Waals surface area contributed by atoms with Crippen molar-refractivity contribution in [2.75, 3.05) is 39.0 Å². The van der Waals surface area contributed by atoms with Crippen LogP contribution >= 0.6 is 0 Å². The lowest BCUT2D eigenvalue weighted by atomic mass is 10.2. The maximum absolute atomic E-state index is 12.7. The molecule has 1 saturated heterocycles. The van der Waals surface area contributed by atoms with E-state index < -0.39 is 0 Å². The number of hydrogen-bond donors (Lipinski definition) is 1. The highest BCUT2D eigenvalue weighted by atomic mass is 16.2. The van der Waals surface area contributed by atoms with Gasteiger partial charge >= 0.3 is 0 Å². The Bertz CT molecular complexity index is 656. The Balaban J connectivity index is 1.77. The number of para-hydroxylation sites is 1. The van der Waals surface area contributed by atoms with E-state index in [4.69, 9.17) is 5.73 Å². The Morgan fingerprint density at radius 3 is 2.55 bits per heavy atom. The third kappa shape index (κ3) is 2.99. The Morgan fingerprint density at radius 1 is 1.09 bits per heavy atom. The van der Waals surface area contributed by atoms with Gasteiger partial charge in [0.15, 0.2) is 0 Å². The summed E-state index contributed by atoms with van der Waals surface area (Å²) in [4.78, 5) is 16.9. The Hall–Kier alpha value is -2.27. The van der Waals surface area contributed by atoms with E-state index in [2.05, 4.69) is 11.9 Å². The molecule has 1 aliphatic rings. The summed E-state index contributed by atoms with van der Waals surface area (Å²) < 4.78 is 1.98. The van der Waals surface area contributed by atoms with Crippen LogP contribution in [0.4, 0.5) is 5.69 Å². The fourth-order valence-electron chi connectivity index (χ4n) is 2.78. The first-order chi connectivity index (χ1) is 10.6. The number of nitrogens with zero attached hydrogens (tertiary/aromatic N) is 3. The second-order valence-corrected chi connectivity index (χ2v) is 5.82. The van der Waals surface area contributed by atoms with Crippen LogP contribution in [0, 0.1) is 0 Å². The van der Waals surface area contributed by atoms with Gasteiger partial charge in [-0.1, -0.05) is 18.2 Å². The fourth-order valence-corrected chi connectivity index (χ4v) is 2.78. The lowest BCUT2D eigenvalue weighted by molar-refractivity contribution is 0.0654. The van der Waals surface area contributed by atoms with Gasteiger partial charge in [0.1, 0.15) is 5.69 Å². The zero-order valence-electron chi connectivity index (χ0n) is 12.9. The van der Waals surface area contributed by atoms with Gasteiger partial charge in [0.2, 0.25) is 0 Å². The number of piperazine rings is 1. The topological polar surface area (TPSA) is 54.5 Å². The molecule has 2 aromatic rings. The molecule has 5 nitrogen and oxygen atoms in total. The molecule has 1 aromatic heterocycles. The minimum atomic E-state index is 0.104. The first kappa shape index (κ1) is 14.7. The van der Waals surface area contributed by atoms with Crippen LogP contribution in [-0.2, 0) is 6.54 Å². The molecule has 0 spiro atoms. The van der Waals surface area contributed by atoms with E-state index in [9.17, 15) is 4.79 Å². The summed E-state index contributed by atoms with van der Waals surface area (Å²) in [5.41, 5.74) is 8.53. The van der Waals surface area contributed by atoms with Gasteiger partial charge in [-0.3, -0.25) is 4.79 Å². The lowest BCUT2D eigenvalue weighted by Crippen LogP contribution is -2.47. The number of anilines is 1. The number of aromatic nitrogens is 1. The highest BCUT2D eigenvalue weighted by molar-refractivity contribution is 5.93. The molecule has 0 aliphatic carbocycles. The first-order valence-corrected chi connectivity index (χ1v) is 7.61. The Labute approximate surface area is 130 Å². The van der Waals surface area contributed by atoms with E-state index in [1.807, 2.05) is 52.1 Å². The molecule has 5 heteroatoms. The summed E-state index contributed by atoms with van der Waals surface area (Å²) >= 11 is 0. The maximum atomic E-state index is 12.7. The Kier molecular flexibility index (Phi) is 4.15. The van der Waals surface area contributed by atoms with Crippen molar-refractivity contribution in [3.8, 4) is 0 Å². The van der Waals surface area contributed by atoms with E-state index in [0.29, 0.717) is 6.54 Å². The van der Waals surface area contributed by atoms with E-state index in [1.165, 1.54) is 0 Å². The molecule has 0 atom stereocenters. The van der Waals surface area contributed by atoms with Crippen LogP contribution in [-0.4, -0.2) is 53.5 Å². The summed E-state index contributed by atoms with van der Waals surface area (Å²) in [7, 11) is 2.09. The third-order valence-corrected chi connectivity index (χ3v) is 4.23. The molecule has 3 rings (SSSR count). The van der Waals surface area contributed by atoms with Crippen LogP contribution < -0.4 is 5.73 Å². The van der Waals surface area contributed by atoms with Crippen LogP contribution in [0.2, 0.25) is 0 Å². The summed E-state index contributed by atoms with van der Waals surface area (Å²) in [6.07, 6.45) is 1.94. The number of carbonyl (C=O) groups excluding carboxylic acids is 1. The average Bonchev–Trinajstić information content (AvgIpc) is 2.98. The lowest BCUT2D eigenvalue weighted by Gasteiger charge is -2.32. The van der Waals surface area contributed by atoms with Crippen molar-refractivity contribution >= 4 is 11.6 Å². The molecule has 0 unspecified atom stereocenters. The molecule has 0 saturated carbocycles. The summed E-state index contributed by atoms with van der Waals surface area (Å²) in [5.74, 6) is 0.104. The third-order valence-electron chi connectivity index (χ3n) is 4.23. The van der Waals surface area contributed by atoms with Gasteiger partial charge < -0.3 is 20.1 Å². The number of nitrogen functional groups attached to an aromatic ring is 1. The monoisotopic (exact) mass is 298 g/mol. The molecule has 1 fully saturated rings. The molecule has 0 radical (unpaired) electrons. The van der Waals surface area contributed by atoms with Crippen LogP contribution in [0.15, 0.2) is 42.6 Å². The standard InChI is InChI=1S/C17H22N4O/c1-19-9-11-20(12-10-19)17(22)16-7-4-8-21(16)13-14-5-2-3-6-15(14)18/h2-8H,9-13,18H2,1H3. The number of amides is 1. The second-order valence-electron chi connectivity index (χ2n) is 5.82. The molecule has 22 heavy (non-hydrogen) atoms. The SMILES string of the molecule is CN1CCN(C(=O)c2cccn2Cc2ccccc2N)CC1. The molecule has 2 N–H and O–H groups in total. The van der Waals surface area contributed by atoms with Crippen molar-refractivity contribution in [3.63, 3.8) is 0 Å².